The highest BCUT2D eigenvalue weighted by Gasteiger charge is 2.45. The van der Waals surface area contributed by atoms with Crippen LogP contribution >= 0.6 is 0 Å². The van der Waals surface area contributed by atoms with Crippen LogP contribution in [0.4, 0.5) is 10.5 Å². The van der Waals surface area contributed by atoms with Gasteiger partial charge >= 0.3 is 6.03 Å². The molecule has 3 rings (SSSR count). The quantitative estimate of drug-likeness (QED) is 0.579. The first-order valence-electron chi connectivity index (χ1n) is 9.37. The van der Waals surface area contributed by atoms with Crippen molar-refractivity contribution in [1.82, 2.24) is 10.2 Å². The molecule has 2 aromatic rings. The number of aliphatic hydroxyl groups is 2. The number of ether oxygens (including phenoxy) is 1. The Morgan fingerprint density at radius 1 is 1.07 bits per heavy atom. The molecule has 0 unspecified atom stereocenters. The van der Waals surface area contributed by atoms with E-state index >= 15 is 0 Å². The van der Waals surface area contributed by atoms with Gasteiger partial charge in [0.15, 0.2) is 0 Å². The van der Waals surface area contributed by atoms with Gasteiger partial charge < -0.3 is 25.6 Å². The largest absolute Gasteiger partial charge is 0.394 e. The maximum absolute atomic E-state index is 12.2. The molecule has 4 N–H and O–H groups in total. The van der Waals surface area contributed by atoms with Gasteiger partial charge in [-0.25, -0.2) is 4.79 Å². The minimum Gasteiger partial charge on any atom is -0.394 e. The lowest BCUT2D eigenvalue weighted by Gasteiger charge is -2.30. The van der Waals surface area contributed by atoms with E-state index in [0.29, 0.717) is 12.2 Å². The SMILES string of the molecule is CN(Cc1ccccc1)[C@@H]1[C@H](O)[C@H](CO)O[C@@H]1CNC(=O)Nc1ccccc1. The summed E-state index contributed by atoms with van der Waals surface area (Å²) in [5.41, 5.74) is 1.80. The maximum Gasteiger partial charge on any atom is 0.319 e. The van der Waals surface area contributed by atoms with Gasteiger partial charge in [-0.05, 0) is 24.7 Å². The molecule has 28 heavy (non-hydrogen) atoms. The van der Waals surface area contributed by atoms with E-state index in [0.717, 1.165) is 5.56 Å². The lowest BCUT2D eigenvalue weighted by Crippen LogP contribution is -2.49. The van der Waals surface area contributed by atoms with E-state index in [-0.39, 0.29) is 25.2 Å². The maximum atomic E-state index is 12.2. The van der Waals surface area contributed by atoms with Crippen molar-refractivity contribution in [3.05, 3.63) is 66.2 Å². The van der Waals surface area contributed by atoms with Crippen molar-refractivity contribution >= 4 is 11.7 Å². The Bertz CT molecular complexity index is 744. The van der Waals surface area contributed by atoms with Crippen LogP contribution < -0.4 is 10.6 Å². The molecule has 0 aliphatic carbocycles. The normalized spacial score (nSPS) is 24.3. The predicted molar refractivity (Wildman–Crippen MR) is 107 cm³/mol. The van der Waals surface area contributed by atoms with Gasteiger partial charge in [-0.15, -0.1) is 0 Å². The Morgan fingerprint density at radius 2 is 1.71 bits per heavy atom. The summed E-state index contributed by atoms with van der Waals surface area (Å²) in [4.78, 5) is 14.2. The van der Waals surface area contributed by atoms with Crippen molar-refractivity contribution in [2.75, 3.05) is 25.5 Å². The van der Waals surface area contributed by atoms with Crippen molar-refractivity contribution < 1.29 is 19.7 Å². The lowest BCUT2D eigenvalue weighted by molar-refractivity contribution is -0.0205. The summed E-state index contributed by atoms with van der Waals surface area (Å²) in [6, 6.07) is 18.4. The van der Waals surface area contributed by atoms with Gasteiger partial charge in [0.25, 0.3) is 0 Å². The first kappa shape index (κ1) is 20.3. The number of aliphatic hydroxyl groups excluding tert-OH is 2. The van der Waals surface area contributed by atoms with E-state index in [2.05, 4.69) is 10.6 Å². The molecule has 150 valence electrons. The molecule has 0 aromatic heterocycles. The van der Waals surface area contributed by atoms with E-state index in [1.165, 1.54) is 0 Å². The molecular weight excluding hydrogens is 358 g/mol. The molecule has 1 aliphatic rings. The lowest BCUT2D eigenvalue weighted by atomic mass is 10.0. The Morgan fingerprint density at radius 3 is 2.36 bits per heavy atom. The van der Waals surface area contributed by atoms with Gasteiger partial charge in [0.1, 0.15) is 12.2 Å². The molecule has 7 nitrogen and oxygen atoms in total. The number of likely N-dealkylation sites (N-methyl/N-ethyl adjacent to an activating group) is 1. The fourth-order valence-corrected chi connectivity index (χ4v) is 3.56. The average Bonchev–Trinajstić information content (AvgIpc) is 3.03. The summed E-state index contributed by atoms with van der Waals surface area (Å²) in [5.74, 6) is 0. The first-order valence-corrected chi connectivity index (χ1v) is 9.37. The molecule has 2 amide bonds. The summed E-state index contributed by atoms with van der Waals surface area (Å²) < 4.78 is 5.81. The number of carbonyl (C=O) groups is 1. The Balaban J connectivity index is 1.61. The number of nitrogens with one attached hydrogen (secondary N) is 2. The molecule has 0 saturated carbocycles. The summed E-state index contributed by atoms with van der Waals surface area (Å²) in [6.45, 7) is 0.566. The summed E-state index contributed by atoms with van der Waals surface area (Å²) in [7, 11) is 1.90. The molecule has 1 fully saturated rings. The number of hydrogen-bond acceptors (Lipinski definition) is 5. The van der Waals surface area contributed by atoms with Gasteiger partial charge in [-0.2, -0.15) is 0 Å². The molecule has 0 bridgehead atoms. The minimum absolute atomic E-state index is 0.218. The molecule has 7 heteroatoms. The van der Waals surface area contributed by atoms with Crippen molar-refractivity contribution in [2.45, 2.75) is 30.9 Å². The van der Waals surface area contributed by atoms with Crippen LogP contribution in [0.15, 0.2) is 60.7 Å². The second-order valence-electron chi connectivity index (χ2n) is 6.98. The van der Waals surface area contributed by atoms with Gasteiger partial charge in [0.05, 0.1) is 18.8 Å². The Hall–Kier alpha value is -2.45. The monoisotopic (exact) mass is 385 g/mol. The molecule has 1 saturated heterocycles. The van der Waals surface area contributed by atoms with Gasteiger partial charge in [-0.1, -0.05) is 48.5 Å². The van der Waals surface area contributed by atoms with Crippen LogP contribution in [0.5, 0.6) is 0 Å². The highest BCUT2D eigenvalue weighted by Crippen LogP contribution is 2.26. The molecule has 2 aromatic carbocycles. The van der Waals surface area contributed by atoms with Crippen LogP contribution in [-0.4, -0.2) is 65.7 Å². The Labute approximate surface area is 164 Å². The second-order valence-corrected chi connectivity index (χ2v) is 6.98. The van der Waals surface area contributed by atoms with Crippen LogP contribution in [0.2, 0.25) is 0 Å². The number of hydrogen-bond donors (Lipinski definition) is 4. The van der Waals surface area contributed by atoms with Gasteiger partial charge in [-0.3, -0.25) is 4.90 Å². The van der Waals surface area contributed by atoms with E-state index in [1.807, 2.05) is 60.5 Å². The predicted octanol–water partition coefficient (Wildman–Crippen LogP) is 1.43. The standard InChI is InChI=1S/C21H27N3O4/c1-24(13-15-8-4-2-5-9-15)19-17(28-18(14-25)20(19)26)12-22-21(27)23-16-10-6-3-7-11-16/h2-11,17-20,25-26H,12-14H2,1H3,(H2,22,23,27)/t17-,18+,19+,20-/m1/s1. The third-order valence-corrected chi connectivity index (χ3v) is 4.92. The molecule has 0 radical (unpaired) electrons. The zero-order chi connectivity index (χ0) is 19.9. The van der Waals surface area contributed by atoms with Crippen molar-refractivity contribution in [3.8, 4) is 0 Å². The van der Waals surface area contributed by atoms with E-state index in [9.17, 15) is 15.0 Å². The van der Waals surface area contributed by atoms with Crippen LogP contribution in [0.3, 0.4) is 0 Å². The number of benzene rings is 2. The number of urea groups is 1. The first-order chi connectivity index (χ1) is 13.6. The summed E-state index contributed by atoms with van der Waals surface area (Å²) >= 11 is 0. The van der Waals surface area contributed by atoms with Crippen LogP contribution in [-0.2, 0) is 11.3 Å². The van der Waals surface area contributed by atoms with Crippen LogP contribution in [0, 0.1) is 0 Å². The van der Waals surface area contributed by atoms with Gasteiger partial charge in [0, 0.05) is 18.8 Å². The molecule has 4 atom stereocenters. The van der Waals surface area contributed by atoms with Crippen LogP contribution in [0.25, 0.3) is 0 Å². The summed E-state index contributed by atoms with van der Waals surface area (Å²) in [6.07, 6.45) is -1.96. The van der Waals surface area contributed by atoms with Crippen molar-refractivity contribution in [2.24, 2.45) is 0 Å². The number of rotatable bonds is 7. The molecule has 0 spiro atoms. The fraction of sp³-hybridized carbons (Fsp3) is 0.381. The van der Waals surface area contributed by atoms with Gasteiger partial charge in [0.2, 0.25) is 0 Å². The number of amides is 2. The topological polar surface area (TPSA) is 94.1 Å². The highest BCUT2D eigenvalue weighted by molar-refractivity contribution is 5.89. The average molecular weight is 385 g/mol. The van der Waals surface area contributed by atoms with E-state index < -0.39 is 18.3 Å². The summed E-state index contributed by atoms with van der Waals surface area (Å²) in [5, 5.41) is 25.7. The van der Waals surface area contributed by atoms with E-state index in [1.54, 1.807) is 12.1 Å². The number of carbonyl (C=O) groups excluding carboxylic acids is 1. The molecule has 1 aliphatic heterocycles. The van der Waals surface area contributed by atoms with Crippen molar-refractivity contribution in [1.29, 1.82) is 0 Å². The van der Waals surface area contributed by atoms with Crippen LogP contribution in [0.1, 0.15) is 5.56 Å². The third kappa shape index (κ3) is 5.08. The molecular formula is C21H27N3O4. The Kier molecular flexibility index (Phi) is 7.00. The highest BCUT2D eigenvalue weighted by atomic mass is 16.5. The smallest absolute Gasteiger partial charge is 0.319 e. The number of anilines is 1. The zero-order valence-electron chi connectivity index (χ0n) is 15.9. The third-order valence-electron chi connectivity index (χ3n) is 4.92. The fourth-order valence-electron chi connectivity index (χ4n) is 3.56. The van der Waals surface area contributed by atoms with E-state index in [4.69, 9.17) is 4.74 Å². The second kappa shape index (κ2) is 9.66. The minimum atomic E-state index is -0.845. The molecule has 1 heterocycles. The zero-order valence-corrected chi connectivity index (χ0v) is 15.9. The van der Waals surface area contributed by atoms with Crippen molar-refractivity contribution in [3.63, 3.8) is 0 Å². The number of para-hydroxylation sites is 1. The number of nitrogens with zero attached hydrogens (tertiary/aromatic N) is 1.